The van der Waals surface area contributed by atoms with Crippen molar-refractivity contribution in [3.05, 3.63) is 41.0 Å². The Bertz CT molecular complexity index is 793. The minimum atomic E-state index is 0.368. The third kappa shape index (κ3) is 1.95. The zero-order valence-electron chi connectivity index (χ0n) is 11.3. The van der Waals surface area contributed by atoms with Gasteiger partial charge in [0.05, 0.1) is 36.7 Å². The number of thiazole rings is 1. The fourth-order valence-corrected chi connectivity index (χ4v) is 3.23. The third-order valence-electron chi connectivity index (χ3n) is 3.29. The Labute approximate surface area is 120 Å². The summed E-state index contributed by atoms with van der Waals surface area (Å²) in [4.78, 5) is 5.45. The summed E-state index contributed by atoms with van der Waals surface area (Å²) in [6, 6.07) is 10.1. The first kappa shape index (κ1) is 12.7. The second-order valence-electron chi connectivity index (χ2n) is 4.45. The first-order valence-corrected chi connectivity index (χ1v) is 7.09. The highest BCUT2D eigenvalue weighted by Gasteiger charge is 2.14. The molecule has 0 unspecified atom stereocenters. The largest absolute Gasteiger partial charge is 0.497 e. The number of methoxy groups -OCH3 is 1. The molecule has 0 N–H and O–H groups in total. The van der Waals surface area contributed by atoms with Crippen LogP contribution in [0.25, 0.3) is 16.2 Å². The van der Waals surface area contributed by atoms with Gasteiger partial charge in [0.25, 0.3) is 0 Å². The van der Waals surface area contributed by atoms with Gasteiger partial charge in [-0.05, 0) is 36.8 Å². The molecule has 0 fully saturated rings. The van der Waals surface area contributed by atoms with Gasteiger partial charge in [-0.2, -0.15) is 5.26 Å². The van der Waals surface area contributed by atoms with Crippen LogP contribution in [0.4, 0.5) is 0 Å². The molecule has 0 bridgehead atoms. The molecule has 0 aliphatic heterocycles. The van der Waals surface area contributed by atoms with Gasteiger partial charge >= 0.3 is 0 Å². The zero-order valence-corrected chi connectivity index (χ0v) is 12.1. The van der Waals surface area contributed by atoms with Gasteiger partial charge in [-0.1, -0.05) is 0 Å². The number of fused-ring (bicyclic) bond motifs is 1. The molecular weight excluding hydrogens is 270 g/mol. The van der Waals surface area contributed by atoms with E-state index in [1.54, 1.807) is 18.4 Å². The van der Waals surface area contributed by atoms with Crippen molar-refractivity contribution in [2.75, 3.05) is 7.11 Å². The van der Waals surface area contributed by atoms with Crippen molar-refractivity contribution in [2.24, 2.45) is 0 Å². The molecule has 0 aliphatic rings. The van der Waals surface area contributed by atoms with E-state index in [-0.39, 0.29) is 0 Å². The van der Waals surface area contributed by atoms with Crippen LogP contribution in [-0.2, 0) is 6.42 Å². The Hall–Kier alpha value is -2.32. The number of ether oxygens (including phenoxy) is 1. The van der Waals surface area contributed by atoms with Gasteiger partial charge in [0, 0.05) is 5.38 Å². The molecule has 3 rings (SSSR count). The molecule has 1 aromatic carbocycles. The monoisotopic (exact) mass is 283 g/mol. The Kier molecular flexibility index (Phi) is 3.17. The number of aryl methyl sites for hydroxylation is 1. The molecule has 2 aromatic heterocycles. The molecule has 3 aromatic rings. The third-order valence-corrected chi connectivity index (χ3v) is 4.12. The summed E-state index contributed by atoms with van der Waals surface area (Å²) < 4.78 is 7.26. The molecular formula is C15H13N3OS. The van der Waals surface area contributed by atoms with Crippen LogP contribution in [-0.4, -0.2) is 16.5 Å². The van der Waals surface area contributed by atoms with Crippen molar-refractivity contribution in [1.29, 1.82) is 5.26 Å². The average molecular weight is 283 g/mol. The molecule has 4 nitrogen and oxygen atoms in total. The standard InChI is InChI=1S/C15H13N3OS/c1-10-13(7-8-16)18-14(9-20-15(18)17-10)11-3-5-12(19-2)6-4-11/h3-6,9H,7H2,1-2H3. The summed E-state index contributed by atoms with van der Waals surface area (Å²) in [7, 11) is 1.65. The predicted octanol–water partition coefficient (Wildman–Crippen LogP) is 3.45. The number of imidazole rings is 1. The van der Waals surface area contributed by atoms with E-state index in [2.05, 4.69) is 20.8 Å². The molecule has 0 atom stereocenters. The lowest BCUT2D eigenvalue weighted by atomic mass is 10.1. The molecule has 0 amide bonds. The highest BCUT2D eigenvalue weighted by atomic mass is 32.1. The van der Waals surface area contributed by atoms with E-state index in [0.717, 1.165) is 33.4 Å². The Morgan fingerprint density at radius 3 is 2.75 bits per heavy atom. The number of rotatable bonds is 3. The van der Waals surface area contributed by atoms with Gasteiger partial charge in [-0.3, -0.25) is 4.40 Å². The lowest BCUT2D eigenvalue weighted by Gasteiger charge is -2.04. The summed E-state index contributed by atoms with van der Waals surface area (Å²) >= 11 is 1.59. The van der Waals surface area contributed by atoms with Crippen molar-refractivity contribution in [3.8, 4) is 23.1 Å². The lowest BCUT2D eigenvalue weighted by molar-refractivity contribution is 0.415. The van der Waals surface area contributed by atoms with Gasteiger partial charge in [-0.15, -0.1) is 11.3 Å². The summed E-state index contributed by atoms with van der Waals surface area (Å²) in [5.41, 5.74) is 4.05. The number of benzene rings is 1. The minimum absolute atomic E-state index is 0.368. The highest BCUT2D eigenvalue weighted by molar-refractivity contribution is 7.15. The Morgan fingerprint density at radius 2 is 2.10 bits per heavy atom. The van der Waals surface area contributed by atoms with Crippen LogP contribution in [0.2, 0.25) is 0 Å². The fourth-order valence-electron chi connectivity index (χ4n) is 2.26. The number of nitriles is 1. The van der Waals surface area contributed by atoms with Gasteiger partial charge < -0.3 is 4.74 Å². The normalized spacial score (nSPS) is 10.7. The highest BCUT2D eigenvalue weighted by Crippen LogP contribution is 2.30. The molecule has 0 saturated carbocycles. The number of hydrogen-bond donors (Lipinski definition) is 0. The summed E-state index contributed by atoms with van der Waals surface area (Å²) in [5, 5.41) is 11.1. The van der Waals surface area contributed by atoms with Gasteiger partial charge in [0.1, 0.15) is 5.75 Å². The SMILES string of the molecule is COc1ccc(-c2csc3nc(C)c(CC#N)n23)cc1. The number of nitrogens with zero attached hydrogens (tertiary/aromatic N) is 3. The maximum absolute atomic E-state index is 8.98. The first-order valence-electron chi connectivity index (χ1n) is 6.21. The van der Waals surface area contributed by atoms with Crippen LogP contribution < -0.4 is 4.74 Å². The second-order valence-corrected chi connectivity index (χ2v) is 5.28. The second kappa shape index (κ2) is 4.99. The topological polar surface area (TPSA) is 50.3 Å². The van der Waals surface area contributed by atoms with E-state index < -0.39 is 0 Å². The molecule has 0 aliphatic carbocycles. The quantitative estimate of drug-likeness (QED) is 0.739. The van der Waals surface area contributed by atoms with Crippen molar-refractivity contribution in [1.82, 2.24) is 9.38 Å². The maximum atomic E-state index is 8.98. The lowest BCUT2D eigenvalue weighted by Crippen LogP contribution is -1.94. The van der Waals surface area contributed by atoms with Gasteiger partial charge in [0.15, 0.2) is 4.96 Å². The van der Waals surface area contributed by atoms with E-state index in [4.69, 9.17) is 10.00 Å². The van der Waals surface area contributed by atoms with E-state index in [1.165, 1.54) is 0 Å². The Balaban J connectivity index is 2.17. The van der Waals surface area contributed by atoms with Crippen LogP contribution in [0.15, 0.2) is 29.6 Å². The molecule has 2 heterocycles. The first-order chi connectivity index (χ1) is 9.74. The molecule has 5 heteroatoms. The van der Waals surface area contributed by atoms with Crippen molar-refractivity contribution in [2.45, 2.75) is 13.3 Å². The van der Waals surface area contributed by atoms with E-state index in [9.17, 15) is 0 Å². The van der Waals surface area contributed by atoms with E-state index >= 15 is 0 Å². The van der Waals surface area contributed by atoms with E-state index in [1.807, 2.05) is 31.2 Å². The molecule has 0 radical (unpaired) electrons. The van der Waals surface area contributed by atoms with Crippen LogP contribution >= 0.6 is 11.3 Å². The van der Waals surface area contributed by atoms with Crippen LogP contribution in [0.1, 0.15) is 11.4 Å². The minimum Gasteiger partial charge on any atom is -0.497 e. The van der Waals surface area contributed by atoms with Crippen LogP contribution in [0.3, 0.4) is 0 Å². The summed E-state index contributed by atoms with van der Waals surface area (Å²) in [6.07, 6.45) is 0.368. The fraction of sp³-hybridized carbons (Fsp3) is 0.200. The molecule has 20 heavy (non-hydrogen) atoms. The van der Waals surface area contributed by atoms with E-state index in [0.29, 0.717) is 6.42 Å². The van der Waals surface area contributed by atoms with Crippen LogP contribution in [0, 0.1) is 18.3 Å². The predicted molar refractivity (Wildman–Crippen MR) is 79.1 cm³/mol. The maximum Gasteiger partial charge on any atom is 0.194 e. The van der Waals surface area contributed by atoms with Gasteiger partial charge in [0.2, 0.25) is 0 Å². The smallest absolute Gasteiger partial charge is 0.194 e. The van der Waals surface area contributed by atoms with Crippen molar-refractivity contribution < 1.29 is 4.74 Å². The zero-order chi connectivity index (χ0) is 14.1. The summed E-state index contributed by atoms with van der Waals surface area (Å²) in [5.74, 6) is 0.833. The Morgan fingerprint density at radius 1 is 1.35 bits per heavy atom. The van der Waals surface area contributed by atoms with Gasteiger partial charge in [-0.25, -0.2) is 4.98 Å². The molecule has 0 saturated heterocycles. The number of aromatic nitrogens is 2. The van der Waals surface area contributed by atoms with Crippen molar-refractivity contribution >= 4 is 16.3 Å². The van der Waals surface area contributed by atoms with Crippen LogP contribution in [0.5, 0.6) is 5.75 Å². The average Bonchev–Trinajstić information content (AvgIpc) is 3.00. The summed E-state index contributed by atoms with van der Waals surface area (Å²) in [6.45, 7) is 1.95. The molecule has 0 spiro atoms. The molecule has 100 valence electrons. The van der Waals surface area contributed by atoms with Crippen molar-refractivity contribution in [3.63, 3.8) is 0 Å². The number of hydrogen-bond acceptors (Lipinski definition) is 4.